The standard InChI is InChI=1S/C11H10BrN3O3/c12-7-1-6-4-16-5-17-10(6)8(2-7)11-14-9(3-13)18-15-11/h1-2H,3-5,13H2. The zero-order valence-electron chi connectivity index (χ0n) is 9.35. The molecule has 2 aromatic rings. The molecule has 1 aromatic heterocycles. The van der Waals surface area contributed by atoms with E-state index in [-0.39, 0.29) is 13.3 Å². The smallest absolute Gasteiger partial charge is 0.240 e. The Bertz CT molecular complexity index is 585. The summed E-state index contributed by atoms with van der Waals surface area (Å²) in [6.45, 7) is 0.944. The molecule has 0 radical (unpaired) electrons. The van der Waals surface area contributed by atoms with Gasteiger partial charge in [-0.1, -0.05) is 21.1 Å². The SMILES string of the molecule is NCc1nc(-c2cc(Br)cc3c2OCOC3)no1. The Hall–Kier alpha value is -1.44. The van der Waals surface area contributed by atoms with E-state index in [2.05, 4.69) is 26.1 Å². The third kappa shape index (κ3) is 2.00. The number of hydrogen-bond acceptors (Lipinski definition) is 6. The summed E-state index contributed by atoms with van der Waals surface area (Å²) in [7, 11) is 0. The normalized spacial score (nSPS) is 14.1. The molecule has 0 bridgehead atoms. The molecule has 0 saturated heterocycles. The molecule has 1 aromatic carbocycles. The summed E-state index contributed by atoms with van der Waals surface area (Å²) in [6, 6.07) is 3.83. The molecule has 94 valence electrons. The monoisotopic (exact) mass is 311 g/mol. The van der Waals surface area contributed by atoms with Gasteiger partial charge in [0.1, 0.15) is 5.75 Å². The highest BCUT2D eigenvalue weighted by atomic mass is 79.9. The molecule has 0 amide bonds. The summed E-state index contributed by atoms with van der Waals surface area (Å²) < 4.78 is 16.7. The minimum atomic E-state index is 0.215. The van der Waals surface area contributed by atoms with Crippen molar-refractivity contribution in [2.75, 3.05) is 6.79 Å². The van der Waals surface area contributed by atoms with Crippen molar-refractivity contribution in [1.82, 2.24) is 10.1 Å². The highest BCUT2D eigenvalue weighted by Gasteiger charge is 2.20. The first kappa shape index (κ1) is 11.6. The lowest BCUT2D eigenvalue weighted by Crippen LogP contribution is -2.12. The first-order chi connectivity index (χ1) is 8.78. The fourth-order valence-corrected chi connectivity index (χ4v) is 2.30. The van der Waals surface area contributed by atoms with Crippen LogP contribution in [-0.4, -0.2) is 16.9 Å². The average Bonchev–Trinajstić information content (AvgIpc) is 2.86. The molecule has 2 heterocycles. The molecule has 7 heteroatoms. The summed E-state index contributed by atoms with van der Waals surface area (Å²) in [5.41, 5.74) is 7.17. The van der Waals surface area contributed by atoms with Gasteiger partial charge >= 0.3 is 0 Å². The van der Waals surface area contributed by atoms with Crippen molar-refractivity contribution in [2.45, 2.75) is 13.2 Å². The van der Waals surface area contributed by atoms with E-state index in [4.69, 9.17) is 19.7 Å². The summed E-state index contributed by atoms with van der Waals surface area (Å²) in [5.74, 6) is 1.59. The summed E-state index contributed by atoms with van der Waals surface area (Å²) in [4.78, 5) is 4.20. The molecule has 18 heavy (non-hydrogen) atoms. The number of fused-ring (bicyclic) bond motifs is 1. The Morgan fingerprint density at radius 2 is 2.28 bits per heavy atom. The van der Waals surface area contributed by atoms with Crippen LogP contribution in [-0.2, 0) is 17.9 Å². The van der Waals surface area contributed by atoms with Gasteiger partial charge in [0, 0.05) is 10.0 Å². The Kier molecular flexibility index (Phi) is 3.02. The summed E-state index contributed by atoms with van der Waals surface area (Å²) >= 11 is 3.44. The van der Waals surface area contributed by atoms with E-state index in [1.54, 1.807) is 0 Å². The zero-order chi connectivity index (χ0) is 12.5. The molecule has 0 aliphatic carbocycles. The molecule has 0 unspecified atom stereocenters. The van der Waals surface area contributed by atoms with Crippen LogP contribution in [0.5, 0.6) is 5.75 Å². The molecule has 2 N–H and O–H groups in total. The van der Waals surface area contributed by atoms with Gasteiger partial charge in [-0.25, -0.2) is 0 Å². The van der Waals surface area contributed by atoms with Crippen LogP contribution in [0.1, 0.15) is 11.5 Å². The Balaban J connectivity index is 2.12. The van der Waals surface area contributed by atoms with E-state index in [1.165, 1.54) is 0 Å². The zero-order valence-corrected chi connectivity index (χ0v) is 10.9. The van der Waals surface area contributed by atoms with Gasteiger partial charge in [-0.2, -0.15) is 4.98 Å². The summed E-state index contributed by atoms with van der Waals surface area (Å²) in [5, 5.41) is 3.90. The largest absolute Gasteiger partial charge is 0.466 e. The molecule has 0 atom stereocenters. The molecular weight excluding hydrogens is 302 g/mol. The van der Waals surface area contributed by atoms with Crippen molar-refractivity contribution < 1.29 is 14.0 Å². The molecule has 1 aliphatic heterocycles. The number of nitrogens with zero attached hydrogens (tertiary/aromatic N) is 2. The number of benzene rings is 1. The molecule has 1 aliphatic rings. The fourth-order valence-electron chi connectivity index (χ4n) is 1.79. The van der Waals surface area contributed by atoms with E-state index in [9.17, 15) is 0 Å². The predicted octanol–water partition coefficient (Wildman–Crippen LogP) is 1.82. The van der Waals surface area contributed by atoms with Crippen molar-refractivity contribution in [3.05, 3.63) is 28.1 Å². The minimum Gasteiger partial charge on any atom is -0.466 e. The van der Waals surface area contributed by atoms with Gasteiger partial charge in [0.15, 0.2) is 6.79 Å². The molecule has 0 fully saturated rings. The number of aromatic nitrogens is 2. The van der Waals surface area contributed by atoms with Gasteiger partial charge in [-0.15, -0.1) is 0 Å². The van der Waals surface area contributed by atoms with E-state index >= 15 is 0 Å². The van der Waals surface area contributed by atoms with Crippen molar-refractivity contribution in [1.29, 1.82) is 0 Å². The molecule has 3 rings (SSSR count). The number of ether oxygens (including phenoxy) is 2. The van der Waals surface area contributed by atoms with E-state index in [1.807, 2.05) is 12.1 Å². The summed E-state index contributed by atoms with van der Waals surface area (Å²) in [6.07, 6.45) is 0. The van der Waals surface area contributed by atoms with Gasteiger partial charge in [-0.3, -0.25) is 0 Å². The second kappa shape index (κ2) is 4.68. The van der Waals surface area contributed by atoms with Crippen molar-refractivity contribution in [3.8, 4) is 17.1 Å². The Morgan fingerprint density at radius 3 is 3.06 bits per heavy atom. The lowest BCUT2D eigenvalue weighted by Gasteiger charge is -2.19. The second-order valence-electron chi connectivity index (χ2n) is 3.77. The van der Waals surface area contributed by atoms with Crippen LogP contribution >= 0.6 is 15.9 Å². The van der Waals surface area contributed by atoms with Crippen LogP contribution in [0, 0.1) is 0 Å². The van der Waals surface area contributed by atoms with Crippen molar-refractivity contribution in [3.63, 3.8) is 0 Å². The topological polar surface area (TPSA) is 83.4 Å². The maximum Gasteiger partial charge on any atom is 0.240 e. The highest BCUT2D eigenvalue weighted by Crippen LogP contribution is 2.37. The molecule has 0 saturated carbocycles. The van der Waals surface area contributed by atoms with Gasteiger partial charge in [-0.05, 0) is 12.1 Å². The Morgan fingerprint density at radius 1 is 1.39 bits per heavy atom. The number of hydrogen-bond donors (Lipinski definition) is 1. The minimum absolute atomic E-state index is 0.215. The van der Waals surface area contributed by atoms with Gasteiger partial charge in [0.2, 0.25) is 11.7 Å². The lowest BCUT2D eigenvalue weighted by molar-refractivity contribution is -0.0160. The lowest BCUT2D eigenvalue weighted by atomic mass is 10.1. The van der Waals surface area contributed by atoms with E-state index in [0.717, 1.165) is 21.3 Å². The van der Waals surface area contributed by atoms with Gasteiger partial charge < -0.3 is 19.7 Å². The molecule has 6 nitrogen and oxygen atoms in total. The van der Waals surface area contributed by atoms with Crippen LogP contribution in [0.15, 0.2) is 21.1 Å². The molecular formula is C11H10BrN3O3. The molecule has 0 spiro atoms. The van der Waals surface area contributed by atoms with Crippen LogP contribution in [0.25, 0.3) is 11.4 Å². The first-order valence-corrected chi connectivity index (χ1v) is 6.13. The second-order valence-corrected chi connectivity index (χ2v) is 4.68. The average molecular weight is 312 g/mol. The van der Waals surface area contributed by atoms with Crippen LogP contribution < -0.4 is 10.5 Å². The predicted molar refractivity (Wildman–Crippen MR) is 65.6 cm³/mol. The highest BCUT2D eigenvalue weighted by molar-refractivity contribution is 9.10. The maximum absolute atomic E-state index is 5.51. The number of rotatable bonds is 2. The van der Waals surface area contributed by atoms with Gasteiger partial charge in [0.05, 0.1) is 18.7 Å². The third-order valence-corrected chi connectivity index (χ3v) is 3.02. The van der Waals surface area contributed by atoms with Crippen LogP contribution in [0.3, 0.4) is 0 Å². The maximum atomic E-state index is 5.51. The van der Waals surface area contributed by atoms with Crippen molar-refractivity contribution in [2.24, 2.45) is 5.73 Å². The number of halogens is 1. The van der Waals surface area contributed by atoms with E-state index < -0.39 is 0 Å². The van der Waals surface area contributed by atoms with Crippen LogP contribution in [0.4, 0.5) is 0 Å². The van der Waals surface area contributed by atoms with Crippen LogP contribution in [0.2, 0.25) is 0 Å². The first-order valence-electron chi connectivity index (χ1n) is 5.34. The van der Waals surface area contributed by atoms with E-state index in [0.29, 0.717) is 18.3 Å². The fraction of sp³-hybridized carbons (Fsp3) is 0.273. The van der Waals surface area contributed by atoms with Crippen molar-refractivity contribution >= 4 is 15.9 Å². The van der Waals surface area contributed by atoms with Gasteiger partial charge in [0.25, 0.3) is 0 Å². The quantitative estimate of drug-likeness (QED) is 0.911. The third-order valence-electron chi connectivity index (χ3n) is 2.56. The number of nitrogens with two attached hydrogens (primary N) is 1. The Labute approximate surface area is 111 Å².